The molecule has 0 aliphatic rings. The van der Waals surface area contributed by atoms with E-state index in [9.17, 15) is 0 Å². The highest BCUT2D eigenvalue weighted by Gasteiger charge is 2.12. The molecule has 14 heavy (non-hydrogen) atoms. The maximum Gasteiger partial charge on any atom is 0.277 e. The van der Waals surface area contributed by atoms with E-state index >= 15 is 0 Å². The standard InChI is InChI=1S/C12H16BN/c1-4-11-14(13(3)5-2)12-9-7-6-8-10-12/h4-10H,1-2,11H2,3H3. The van der Waals surface area contributed by atoms with E-state index in [0.717, 1.165) is 6.54 Å². The van der Waals surface area contributed by atoms with Crippen molar-refractivity contribution >= 4 is 12.5 Å². The monoisotopic (exact) mass is 185 g/mol. The van der Waals surface area contributed by atoms with Crippen LogP contribution in [0.4, 0.5) is 5.69 Å². The molecule has 1 aromatic rings. The molecule has 1 nitrogen and oxygen atoms in total. The summed E-state index contributed by atoms with van der Waals surface area (Å²) in [5.74, 6) is 1.94. The summed E-state index contributed by atoms with van der Waals surface area (Å²) in [6.45, 7) is 10.9. The summed E-state index contributed by atoms with van der Waals surface area (Å²) in [5, 5.41) is 0. The maximum atomic E-state index is 3.81. The second kappa shape index (κ2) is 5.33. The number of nitrogens with zero attached hydrogens (tertiary/aromatic N) is 1. The van der Waals surface area contributed by atoms with E-state index in [2.05, 4.69) is 36.9 Å². The Morgan fingerprint density at radius 3 is 2.43 bits per heavy atom. The number of benzene rings is 1. The van der Waals surface area contributed by atoms with Crippen molar-refractivity contribution in [1.82, 2.24) is 0 Å². The summed E-state index contributed by atoms with van der Waals surface area (Å²) in [4.78, 5) is 2.25. The van der Waals surface area contributed by atoms with Crippen molar-refractivity contribution in [3.05, 3.63) is 55.5 Å². The number of hydrogen-bond donors (Lipinski definition) is 0. The minimum absolute atomic E-state index is 0.329. The number of anilines is 1. The van der Waals surface area contributed by atoms with Gasteiger partial charge in [-0.1, -0.05) is 31.1 Å². The molecule has 0 bridgehead atoms. The van der Waals surface area contributed by atoms with Gasteiger partial charge in [0, 0.05) is 12.2 Å². The van der Waals surface area contributed by atoms with Gasteiger partial charge in [-0.15, -0.1) is 19.1 Å². The molecule has 0 saturated heterocycles. The van der Waals surface area contributed by atoms with Crippen LogP contribution in [-0.2, 0) is 0 Å². The van der Waals surface area contributed by atoms with Crippen LogP contribution in [0.25, 0.3) is 0 Å². The van der Waals surface area contributed by atoms with Crippen molar-refractivity contribution in [2.24, 2.45) is 0 Å². The summed E-state index contributed by atoms with van der Waals surface area (Å²) in [5.41, 5.74) is 1.21. The predicted molar refractivity (Wildman–Crippen MR) is 65.8 cm³/mol. The zero-order valence-corrected chi connectivity index (χ0v) is 8.69. The molecule has 0 aliphatic heterocycles. The first-order valence-corrected chi connectivity index (χ1v) is 4.84. The van der Waals surface area contributed by atoms with Crippen LogP contribution in [0, 0.1) is 0 Å². The highest BCUT2D eigenvalue weighted by molar-refractivity contribution is 6.66. The Bertz CT molecular complexity index is 294. The van der Waals surface area contributed by atoms with E-state index in [-0.39, 0.29) is 0 Å². The number of para-hydroxylation sites is 1. The summed E-state index contributed by atoms with van der Waals surface area (Å²) in [6, 6.07) is 10.3. The van der Waals surface area contributed by atoms with Crippen LogP contribution in [0.1, 0.15) is 0 Å². The molecule has 1 rings (SSSR count). The van der Waals surface area contributed by atoms with Gasteiger partial charge >= 0.3 is 0 Å². The Morgan fingerprint density at radius 1 is 1.29 bits per heavy atom. The SMILES string of the molecule is C=CCN(B(C)C=C)c1ccccc1. The quantitative estimate of drug-likeness (QED) is 0.503. The second-order valence-corrected chi connectivity index (χ2v) is 3.25. The summed E-state index contributed by atoms with van der Waals surface area (Å²) in [6.07, 6.45) is 1.91. The van der Waals surface area contributed by atoms with Gasteiger partial charge in [-0.25, -0.2) is 0 Å². The Kier molecular flexibility index (Phi) is 4.05. The van der Waals surface area contributed by atoms with Gasteiger partial charge in [0.05, 0.1) is 0 Å². The predicted octanol–water partition coefficient (Wildman–Crippen LogP) is 3.03. The Labute approximate surface area is 86.8 Å². The molecule has 1 aromatic carbocycles. The van der Waals surface area contributed by atoms with Crippen molar-refractivity contribution in [2.75, 3.05) is 11.4 Å². The lowest BCUT2D eigenvalue weighted by Crippen LogP contribution is -2.35. The molecular formula is C12H16BN. The third-order valence-corrected chi connectivity index (χ3v) is 2.25. The second-order valence-electron chi connectivity index (χ2n) is 3.25. The lowest BCUT2D eigenvalue weighted by molar-refractivity contribution is 1.17. The van der Waals surface area contributed by atoms with Crippen molar-refractivity contribution < 1.29 is 0 Å². The van der Waals surface area contributed by atoms with E-state index in [1.54, 1.807) is 0 Å². The topological polar surface area (TPSA) is 3.24 Å². The molecule has 0 aromatic heterocycles. The minimum atomic E-state index is 0.329. The molecule has 0 saturated carbocycles. The lowest BCUT2D eigenvalue weighted by Gasteiger charge is -2.26. The number of hydrogen-bond acceptors (Lipinski definition) is 1. The zero-order chi connectivity index (χ0) is 10.4. The highest BCUT2D eigenvalue weighted by Crippen LogP contribution is 2.14. The van der Waals surface area contributed by atoms with E-state index in [1.807, 2.05) is 30.3 Å². The molecule has 0 spiro atoms. The van der Waals surface area contributed by atoms with Crippen LogP contribution in [0.2, 0.25) is 6.82 Å². The van der Waals surface area contributed by atoms with E-state index in [0.29, 0.717) is 6.85 Å². The van der Waals surface area contributed by atoms with E-state index in [1.165, 1.54) is 5.69 Å². The van der Waals surface area contributed by atoms with Crippen LogP contribution in [0.5, 0.6) is 0 Å². The molecule has 0 atom stereocenters. The normalized spacial score (nSPS) is 9.21. The van der Waals surface area contributed by atoms with Crippen molar-refractivity contribution in [3.8, 4) is 0 Å². The summed E-state index contributed by atoms with van der Waals surface area (Å²) < 4.78 is 0. The first-order chi connectivity index (χ1) is 6.79. The van der Waals surface area contributed by atoms with Crippen LogP contribution in [0.3, 0.4) is 0 Å². The van der Waals surface area contributed by atoms with Crippen molar-refractivity contribution in [3.63, 3.8) is 0 Å². The van der Waals surface area contributed by atoms with Gasteiger partial charge < -0.3 is 4.81 Å². The molecular weight excluding hydrogens is 169 g/mol. The largest absolute Gasteiger partial charge is 0.408 e. The fourth-order valence-electron chi connectivity index (χ4n) is 1.39. The lowest BCUT2D eigenvalue weighted by atomic mass is 9.63. The fourth-order valence-corrected chi connectivity index (χ4v) is 1.39. The molecule has 72 valence electrons. The van der Waals surface area contributed by atoms with Crippen LogP contribution in [0.15, 0.2) is 55.5 Å². The average Bonchev–Trinajstić information content (AvgIpc) is 2.26. The Balaban J connectivity index is 2.87. The third-order valence-electron chi connectivity index (χ3n) is 2.25. The van der Waals surface area contributed by atoms with E-state index < -0.39 is 0 Å². The van der Waals surface area contributed by atoms with Gasteiger partial charge in [-0.05, 0) is 12.1 Å². The fraction of sp³-hybridized carbons (Fsp3) is 0.167. The van der Waals surface area contributed by atoms with Crippen LogP contribution >= 0.6 is 0 Å². The smallest absolute Gasteiger partial charge is 0.277 e. The first-order valence-electron chi connectivity index (χ1n) is 4.84. The number of rotatable bonds is 5. The highest BCUT2D eigenvalue weighted by atomic mass is 15.1. The molecule has 0 radical (unpaired) electrons. The summed E-state index contributed by atoms with van der Waals surface area (Å²) >= 11 is 0. The maximum absolute atomic E-state index is 3.81. The van der Waals surface area contributed by atoms with Gasteiger partial charge in [-0.2, -0.15) is 0 Å². The zero-order valence-electron chi connectivity index (χ0n) is 8.69. The molecule has 0 fully saturated rings. The first kappa shape index (κ1) is 10.6. The van der Waals surface area contributed by atoms with Gasteiger partial charge in [0.15, 0.2) is 0 Å². The van der Waals surface area contributed by atoms with Crippen LogP contribution in [-0.4, -0.2) is 13.4 Å². The average molecular weight is 185 g/mol. The van der Waals surface area contributed by atoms with Crippen molar-refractivity contribution in [1.29, 1.82) is 0 Å². The van der Waals surface area contributed by atoms with Gasteiger partial charge in [0.1, 0.15) is 0 Å². The Hall–Kier alpha value is -1.44. The molecule has 0 N–H and O–H groups in total. The summed E-state index contributed by atoms with van der Waals surface area (Å²) in [7, 11) is 0. The minimum Gasteiger partial charge on any atom is -0.408 e. The van der Waals surface area contributed by atoms with Gasteiger partial charge in [0.2, 0.25) is 0 Å². The van der Waals surface area contributed by atoms with E-state index in [4.69, 9.17) is 0 Å². The van der Waals surface area contributed by atoms with Crippen LogP contribution < -0.4 is 4.81 Å². The molecule has 0 amide bonds. The third kappa shape index (κ3) is 2.53. The molecule has 0 heterocycles. The molecule has 0 aliphatic carbocycles. The molecule has 0 unspecified atom stereocenters. The van der Waals surface area contributed by atoms with Gasteiger partial charge in [0.25, 0.3) is 6.85 Å². The van der Waals surface area contributed by atoms with Crippen molar-refractivity contribution in [2.45, 2.75) is 6.82 Å². The molecule has 2 heteroatoms. The van der Waals surface area contributed by atoms with Gasteiger partial charge in [-0.3, -0.25) is 0 Å². The Morgan fingerprint density at radius 2 is 1.93 bits per heavy atom.